The van der Waals surface area contributed by atoms with Crippen molar-refractivity contribution in [3.05, 3.63) is 40.5 Å². The third-order valence-electron chi connectivity index (χ3n) is 3.20. The monoisotopic (exact) mass is 261 g/mol. The Balaban J connectivity index is 2.16. The topological polar surface area (TPSA) is 75.6 Å². The average molecular weight is 261 g/mol. The van der Waals surface area contributed by atoms with Gasteiger partial charge in [0.1, 0.15) is 0 Å². The Morgan fingerprint density at radius 1 is 1.16 bits per heavy atom. The van der Waals surface area contributed by atoms with Crippen LogP contribution in [0.5, 0.6) is 0 Å². The molecule has 0 aliphatic carbocycles. The molecule has 2 N–H and O–H groups in total. The molecule has 19 heavy (non-hydrogen) atoms. The molecule has 2 rings (SSSR count). The summed E-state index contributed by atoms with van der Waals surface area (Å²) in [4.78, 5) is 22.7. The molecule has 1 aromatic rings. The summed E-state index contributed by atoms with van der Waals surface area (Å²) in [6.07, 6.45) is 0. The number of hydrogen-bond acceptors (Lipinski definition) is 3. The van der Waals surface area contributed by atoms with E-state index in [4.69, 9.17) is 9.84 Å². The van der Waals surface area contributed by atoms with Gasteiger partial charge in [0.2, 0.25) is 0 Å². The van der Waals surface area contributed by atoms with Gasteiger partial charge in [0, 0.05) is 16.8 Å². The molecular weight excluding hydrogens is 246 g/mol. The lowest BCUT2D eigenvalue weighted by atomic mass is 10.1. The molecule has 0 saturated heterocycles. The molecule has 100 valence electrons. The van der Waals surface area contributed by atoms with Crippen molar-refractivity contribution >= 4 is 17.6 Å². The molecule has 1 aliphatic rings. The fourth-order valence-electron chi connectivity index (χ4n) is 1.81. The Bertz CT molecular complexity index is 575. The predicted molar refractivity (Wildman–Crippen MR) is 69.6 cm³/mol. The first-order chi connectivity index (χ1) is 8.99. The summed E-state index contributed by atoms with van der Waals surface area (Å²) in [5.74, 6) is -1.49. The number of carbonyl (C=O) groups is 2. The summed E-state index contributed by atoms with van der Waals surface area (Å²) in [6, 6.07) is 5.54. The largest absolute Gasteiger partial charge is 0.478 e. The third kappa shape index (κ3) is 2.82. The van der Waals surface area contributed by atoms with Crippen molar-refractivity contribution in [1.82, 2.24) is 0 Å². The maximum absolute atomic E-state index is 11.9. The van der Waals surface area contributed by atoms with Gasteiger partial charge in [-0.25, -0.2) is 4.79 Å². The quantitative estimate of drug-likeness (QED) is 0.817. The van der Waals surface area contributed by atoms with Gasteiger partial charge in [-0.3, -0.25) is 4.79 Å². The van der Waals surface area contributed by atoms with Crippen molar-refractivity contribution in [2.45, 2.75) is 27.1 Å². The minimum absolute atomic E-state index is 0.0435. The van der Waals surface area contributed by atoms with E-state index in [0.29, 0.717) is 18.9 Å². The molecule has 5 heteroatoms. The van der Waals surface area contributed by atoms with Gasteiger partial charge in [0.15, 0.2) is 0 Å². The summed E-state index contributed by atoms with van der Waals surface area (Å²) in [5.41, 5.74) is 3.05. The number of aliphatic carboxylic acids is 1. The van der Waals surface area contributed by atoms with Crippen LogP contribution in [-0.2, 0) is 27.5 Å². The molecule has 0 bridgehead atoms. The highest BCUT2D eigenvalue weighted by Gasteiger charge is 2.15. The maximum atomic E-state index is 11.9. The first kappa shape index (κ1) is 13.3. The first-order valence-electron chi connectivity index (χ1n) is 5.90. The van der Waals surface area contributed by atoms with E-state index in [1.807, 2.05) is 12.1 Å². The highest BCUT2D eigenvalue weighted by atomic mass is 16.5. The van der Waals surface area contributed by atoms with Crippen molar-refractivity contribution in [2.75, 3.05) is 5.32 Å². The normalized spacial score (nSPS) is 14.6. The van der Waals surface area contributed by atoms with Gasteiger partial charge in [0.05, 0.1) is 13.2 Å². The van der Waals surface area contributed by atoms with Gasteiger partial charge < -0.3 is 15.2 Å². The number of nitrogens with one attached hydrogen (secondary N) is 1. The zero-order valence-electron chi connectivity index (χ0n) is 10.8. The lowest BCUT2D eigenvalue weighted by Gasteiger charge is -2.08. The molecule has 1 heterocycles. The fraction of sp³-hybridized carbons (Fsp3) is 0.286. The third-order valence-corrected chi connectivity index (χ3v) is 3.20. The van der Waals surface area contributed by atoms with E-state index in [-0.39, 0.29) is 11.1 Å². The van der Waals surface area contributed by atoms with Gasteiger partial charge in [0.25, 0.3) is 5.91 Å². The summed E-state index contributed by atoms with van der Waals surface area (Å²) < 4.78 is 5.29. The Kier molecular flexibility index (Phi) is 3.66. The van der Waals surface area contributed by atoms with Crippen LogP contribution in [0.15, 0.2) is 29.3 Å². The van der Waals surface area contributed by atoms with E-state index in [1.54, 1.807) is 6.07 Å². The lowest BCUT2D eigenvalue weighted by molar-refractivity contribution is -0.133. The van der Waals surface area contributed by atoms with Gasteiger partial charge in [-0.15, -0.1) is 0 Å². The second-order valence-electron chi connectivity index (χ2n) is 4.49. The number of hydrogen-bond donors (Lipinski definition) is 2. The fourth-order valence-corrected chi connectivity index (χ4v) is 1.81. The molecule has 1 aliphatic heterocycles. The lowest BCUT2D eigenvalue weighted by Crippen LogP contribution is -2.16. The number of carboxylic acid groups (broad SMARTS) is 1. The smallest absolute Gasteiger partial charge is 0.331 e. The van der Waals surface area contributed by atoms with Crippen LogP contribution in [0, 0.1) is 0 Å². The van der Waals surface area contributed by atoms with E-state index in [9.17, 15) is 9.59 Å². The first-order valence-corrected chi connectivity index (χ1v) is 5.90. The standard InChI is InChI=1S/C14H15NO4/c1-8(9(2)14(17)18)13(16)15-12-4-3-10-6-19-7-11(10)5-12/h3-5H,6-7H2,1-2H3,(H,15,16)(H,17,18)/b9-8+. The Labute approximate surface area is 110 Å². The number of carboxylic acids is 1. The highest BCUT2D eigenvalue weighted by Crippen LogP contribution is 2.23. The van der Waals surface area contributed by atoms with Gasteiger partial charge in [-0.1, -0.05) is 6.07 Å². The molecule has 0 spiro atoms. The highest BCUT2D eigenvalue weighted by molar-refractivity contribution is 6.08. The summed E-state index contributed by atoms with van der Waals surface area (Å²) in [5, 5.41) is 11.5. The van der Waals surface area contributed by atoms with Crippen molar-refractivity contribution in [3.63, 3.8) is 0 Å². The van der Waals surface area contributed by atoms with E-state index in [1.165, 1.54) is 13.8 Å². The molecule has 0 aromatic heterocycles. The average Bonchev–Trinajstić information content (AvgIpc) is 2.84. The molecule has 0 atom stereocenters. The summed E-state index contributed by atoms with van der Waals surface area (Å²) in [6.45, 7) is 4.05. The Morgan fingerprint density at radius 3 is 2.53 bits per heavy atom. The zero-order valence-corrected chi connectivity index (χ0v) is 10.8. The van der Waals surface area contributed by atoms with E-state index >= 15 is 0 Å². The molecule has 0 saturated carbocycles. The van der Waals surface area contributed by atoms with Crippen LogP contribution in [0.4, 0.5) is 5.69 Å². The minimum atomic E-state index is -1.09. The molecule has 0 fully saturated rings. The predicted octanol–water partition coefficient (Wildman–Crippen LogP) is 2.08. The van der Waals surface area contributed by atoms with Gasteiger partial charge in [-0.05, 0) is 37.1 Å². The van der Waals surface area contributed by atoms with Gasteiger partial charge in [-0.2, -0.15) is 0 Å². The van der Waals surface area contributed by atoms with Crippen LogP contribution in [0.25, 0.3) is 0 Å². The van der Waals surface area contributed by atoms with E-state index < -0.39 is 11.9 Å². The molecule has 5 nitrogen and oxygen atoms in total. The van der Waals surface area contributed by atoms with Crippen molar-refractivity contribution < 1.29 is 19.4 Å². The van der Waals surface area contributed by atoms with Crippen LogP contribution >= 0.6 is 0 Å². The molecular formula is C14H15NO4. The maximum Gasteiger partial charge on any atom is 0.331 e. The SMILES string of the molecule is C/C(C(=O)O)=C(/C)C(=O)Nc1ccc2c(c1)COC2. The summed E-state index contributed by atoms with van der Waals surface area (Å²) >= 11 is 0. The second kappa shape index (κ2) is 5.24. The summed E-state index contributed by atoms with van der Waals surface area (Å²) in [7, 11) is 0. The number of fused-ring (bicyclic) bond motifs is 1. The van der Waals surface area contributed by atoms with Crippen LogP contribution in [0.1, 0.15) is 25.0 Å². The molecule has 1 aromatic carbocycles. The van der Waals surface area contributed by atoms with Crippen molar-refractivity contribution in [2.24, 2.45) is 0 Å². The molecule has 1 amide bonds. The van der Waals surface area contributed by atoms with Crippen LogP contribution in [0.3, 0.4) is 0 Å². The number of benzene rings is 1. The number of anilines is 1. The minimum Gasteiger partial charge on any atom is -0.478 e. The van der Waals surface area contributed by atoms with E-state index in [0.717, 1.165) is 11.1 Å². The van der Waals surface area contributed by atoms with Crippen LogP contribution in [-0.4, -0.2) is 17.0 Å². The van der Waals surface area contributed by atoms with Crippen molar-refractivity contribution in [3.8, 4) is 0 Å². The Hall–Kier alpha value is -2.14. The van der Waals surface area contributed by atoms with Crippen molar-refractivity contribution in [1.29, 1.82) is 0 Å². The van der Waals surface area contributed by atoms with Crippen LogP contribution in [0.2, 0.25) is 0 Å². The second-order valence-corrected chi connectivity index (χ2v) is 4.49. The van der Waals surface area contributed by atoms with Gasteiger partial charge >= 0.3 is 5.97 Å². The van der Waals surface area contributed by atoms with Crippen LogP contribution < -0.4 is 5.32 Å². The molecule has 0 unspecified atom stereocenters. The Morgan fingerprint density at radius 2 is 1.84 bits per heavy atom. The number of ether oxygens (including phenoxy) is 1. The zero-order chi connectivity index (χ0) is 14.0. The van der Waals surface area contributed by atoms with E-state index in [2.05, 4.69) is 5.32 Å². The number of amides is 1. The number of carbonyl (C=O) groups excluding carboxylic acids is 1. The molecule has 0 radical (unpaired) electrons. The number of rotatable bonds is 3.